The number of phenolic OH excluding ortho intramolecular Hbond substituents is 1. The minimum atomic E-state index is 0.145. The summed E-state index contributed by atoms with van der Waals surface area (Å²) in [5.41, 5.74) is 0.975. The molecule has 1 heterocycles. The van der Waals surface area contributed by atoms with E-state index in [1.165, 1.54) is 7.11 Å². The average molecular weight is 234 g/mol. The number of phenols is 1. The van der Waals surface area contributed by atoms with Crippen LogP contribution in [0.2, 0.25) is 0 Å². The second kappa shape index (κ2) is 5.36. The number of nitrogens with zero attached hydrogens (tertiary/aromatic N) is 1. The van der Waals surface area contributed by atoms with Gasteiger partial charge in [0.15, 0.2) is 11.5 Å². The number of hydrogen-bond acceptors (Lipinski definition) is 5. The van der Waals surface area contributed by atoms with E-state index in [0.717, 1.165) is 11.3 Å². The molecule has 1 aromatic carbocycles. The minimum Gasteiger partial charge on any atom is -0.504 e. The molecule has 0 radical (unpaired) electrons. The molecule has 0 aliphatic rings. The molecule has 0 spiro atoms. The number of methoxy groups -OCH3 is 1. The van der Waals surface area contributed by atoms with Crippen molar-refractivity contribution in [2.75, 3.05) is 7.11 Å². The molecule has 2 aromatic rings. The first-order chi connectivity index (χ1) is 8.29. The zero-order valence-electron chi connectivity index (χ0n) is 9.51. The molecule has 0 amide bonds. The first kappa shape index (κ1) is 11.5. The van der Waals surface area contributed by atoms with Crippen molar-refractivity contribution in [2.45, 2.75) is 13.1 Å². The van der Waals surface area contributed by atoms with Crippen LogP contribution in [0.1, 0.15) is 11.3 Å². The van der Waals surface area contributed by atoms with Gasteiger partial charge in [-0.3, -0.25) is 0 Å². The highest BCUT2D eigenvalue weighted by Crippen LogP contribution is 2.26. The van der Waals surface area contributed by atoms with Crippen LogP contribution in [0, 0.1) is 0 Å². The second-order valence-corrected chi connectivity index (χ2v) is 3.59. The summed E-state index contributed by atoms with van der Waals surface area (Å²) in [5, 5.41) is 16.4. The van der Waals surface area contributed by atoms with E-state index in [1.807, 2.05) is 6.07 Å². The van der Waals surface area contributed by atoms with Gasteiger partial charge in [0.05, 0.1) is 19.9 Å². The van der Waals surface area contributed by atoms with Crippen LogP contribution in [-0.2, 0) is 13.1 Å². The molecule has 5 heteroatoms. The van der Waals surface area contributed by atoms with Crippen LogP contribution < -0.4 is 10.1 Å². The van der Waals surface area contributed by atoms with E-state index in [4.69, 9.17) is 9.26 Å². The lowest BCUT2D eigenvalue weighted by Crippen LogP contribution is -2.12. The van der Waals surface area contributed by atoms with Crippen LogP contribution in [0.15, 0.2) is 35.0 Å². The minimum absolute atomic E-state index is 0.145. The van der Waals surface area contributed by atoms with Gasteiger partial charge >= 0.3 is 0 Å². The zero-order valence-corrected chi connectivity index (χ0v) is 9.51. The van der Waals surface area contributed by atoms with E-state index in [2.05, 4.69) is 10.5 Å². The van der Waals surface area contributed by atoms with Crippen LogP contribution in [0.25, 0.3) is 0 Å². The zero-order chi connectivity index (χ0) is 12.1. The summed E-state index contributed by atoms with van der Waals surface area (Å²) in [4.78, 5) is 0. The molecule has 5 nitrogen and oxygen atoms in total. The molecule has 0 unspecified atom stereocenters. The van der Waals surface area contributed by atoms with Gasteiger partial charge in [-0.2, -0.15) is 0 Å². The molecule has 0 aliphatic heterocycles. The lowest BCUT2D eigenvalue weighted by molar-refractivity contribution is 0.370. The van der Waals surface area contributed by atoms with Crippen molar-refractivity contribution in [1.29, 1.82) is 0 Å². The van der Waals surface area contributed by atoms with Crippen molar-refractivity contribution < 1.29 is 14.4 Å². The van der Waals surface area contributed by atoms with Crippen molar-refractivity contribution in [2.24, 2.45) is 0 Å². The van der Waals surface area contributed by atoms with Crippen LogP contribution in [0.5, 0.6) is 11.5 Å². The Balaban J connectivity index is 1.89. The van der Waals surface area contributed by atoms with Gasteiger partial charge in [-0.15, -0.1) is 0 Å². The summed E-state index contributed by atoms with van der Waals surface area (Å²) < 4.78 is 9.92. The smallest absolute Gasteiger partial charge is 0.160 e. The van der Waals surface area contributed by atoms with Crippen molar-refractivity contribution >= 4 is 0 Å². The van der Waals surface area contributed by atoms with Gasteiger partial charge in [-0.05, 0) is 17.7 Å². The number of aromatic nitrogens is 1. The Hall–Kier alpha value is -2.01. The standard InChI is InChI=1S/C12H14N2O3/c1-16-12-3-2-9(6-11(12)15)7-13-8-10-4-5-14-17-10/h2-6,13,15H,7-8H2,1H3. The number of rotatable bonds is 5. The summed E-state index contributed by atoms with van der Waals surface area (Å²) in [6.07, 6.45) is 1.61. The molecule has 0 aliphatic carbocycles. The molecule has 0 atom stereocenters. The Morgan fingerprint density at radius 3 is 2.88 bits per heavy atom. The maximum absolute atomic E-state index is 9.59. The fourth-order valence-corrected chi connectivity index (χ4v) is 1.51. The van der Waals surface area contributed by atoms with E-state index < -0.39 is 0 Å². The van der Waals surface area contributed by atoms with E-state index in [1.54, 1.807) is 24.4 Å². The van der Waals surface area contributed by atoms with Gasteiger partial charge in [0.25, 0.3) is 0 Å². The fourth-order valence-electron chi connectivity index (χ4n) is 1.51. The summed E-state index contributed by atoms with van der Waals surface area (Å²) >= 11 is 0. The summed E-state index contributed by atoms with van der Waals surface area (Å²) in [6, 6.07) is 7.11. The van der Waals surface area contributed by atoms with Gasteiger partial charge < -0.3 is 19.7 Å². The SMILES string of the molecule is COc1ccc(CNCc2ccno2)cc1O. The number of nitrogens with one attached hydrogen (secondary N) is 1. The van der Waals surface area contributed by atoms with E-state index in [-0.39, 0.29) is 5.75 Å². The van der Waals surface area contributed by atoms with Crippen molar-refractivity contribution in [3.05, 3.63) is 41.8 Å². The van der Waals surface area contributed by atoms with Crippen LogP contribution in [0.3, 0.4) is 0 Å². The van der Waals surface area contributed by atoms with E-state index in [9.17, 15) is 5.11 Å². The van der Waals surface area contributed by atoms with Crippen LogP contribution in [-0.4, -0.2) is 17.4 Å². The average Bonchev–Trinajstić information content (AvgIpc) is 2.82. The van der Waals surface area contributed by atoms with Crippen molar-refractivity contribution in [1.82, 2.24) is 10.5 Å². The van der Waals surface area contributed by atoms with Gasteiger partial charge in [0.1, 0.15) is 5.76 Å². The quantitative estimate of drug-likeness (QED) is 0.823. The summed E-state index contributed by atoms with van der Waals surface area (Å²) in [6.45, 7) is 1.24. The maximum Gasteiger partial charge on any atom is 0.160 e. The van der Waals surface area contributed by atoms with Gasteiger partial charge in [0, 0.05) is 12.6 Å². The predicted molar refractivity (Wildman–Crippen MR) is 61.7 cm³/mol. The maximum atomic E-state index is 9.59. The molecule has 2 rings (SSSR count). The number of hydrogen-bond donors (Lipinski definition) is 2. The molecule has 0 fully saturated rings. The molecule has 2 N–H and O–H groups in total. The highest BCUT2D eigenvalue weighted by molar-refractivity contribution is 5.41. The van der Waals surface area contributed by atoms with Crippen molar-refractivity contribution in [3.63, 3.8) is 0 Å². The monoisotopic (exact) mass is 234 g/mol. The van der Waals surface area contributed by atoms with Gasteiger partial charge in [-0.1, -0.05) is 11.2 Å². The molecule has 1 aromatic heterocycles. The normalized spacial score (nSPS) is 10.4. The van der Waals surface area contributed by atoms with E-state index in [0.29, 0.717) is 18.8 Å². The molecular weight excluding hydrogens is 220 g/mol. The second-order valence-electron chi connectivity index (χ2n) is 3.59. The molecule has 0 saturated heterocycles. The molecule has 0 bridgehead atoms. The first-order valence-electron chi connectivity index (χ1n) is 5.26. The van der Waals surface area contributed by atoms with Crippen molar-refractivity contribution in [3.8, 4) is 11.5 Å². The summed E-state index contributed by atoms with van der Waals surface area (Å²) in [5.74, 6) is 1.40. The number of aromatic hydroxyl groups is 1. The largest absolute Gasteiger partial charge is 0.504 e. The summed E-state index contributed by atoms with van der Waals surface area (Å²) in [7, 11) is 1.52. The highest BCUT2D eigenvalue weighted by atomic mass is 16.5. The molecule has 0 saturated carbocycles. The third kappa shape index (κ3) is 2.98. The first-order valence-corrected chi connectivity index (χ1v) is 5.26. The Bertz CT molecular complexity index is 469. The number of benzene rings is 1. The van der Waals surface area contributed by atoms with Crippen LogP contribution in [0.4, 0.5) is 0 Å². The fraction of sp³-hybridized carbons (Fsp3) is 0.250. The Labute approximate surface area is 99.0 Å². The molecule has 90 valence electrons. The topological polar surface area (TPSA) is 67.5 Å². The van der Waals surface area contributed by atoms with Crippen LogP contribution >= 0.6 is 0 Å². The third-order valence-electron chi connectivity index (χ3n) is 2.36. The Kier molecular flexibility index (Phi) is 3.62. The van der Waals surface area contributed by atoms with E-state index >= 15 is 0 Å². The Morgan fingerprint density at radius 1 is 1.35 bits per heavy atom. The van der Waals surface area contributed by atoms with Gasteiger partial charge in [0.2, 0.25) is 0 Å². The van der Waals surface area contributed by atoms with Gasteiger partial charge in [-0.25, -0.2) is 0 Å². The predicted octanol–water partition coefficient (Wildman–Crippen LogP) is 1.68. The third-order valence-corrected chi connectivity index (χ3v) is 2.36. The lowest BCUT2D eigenvalue weighted by Gasteiger charge is -2.06. The molecule has 17 heavy (non-hydrogen) atoms. The Morgan fingerprint density at radius 2 is 2.24 bits per heavy atom. The lowest BCUT2D eigenvalue weighted by atomic mass is 10.2. The highest BCUT2D eigenvalue weighted by Gasteiger charge is 2.02. The molecular formula is C12H14N2O3. The number of ether oxygens (including phenoxy) is 1.